The molecule has 0 radical (unpaired) electrons. The van der Waals surface area contributed by atoms with Crippen LogP contribution in [0, 0.1) is 18.6 Å². The molecule has 1 aromatic heterocycles. The fraction of sp³-hybridized carbons (Fsp3) is 0.154. The van der Waals surface area contributed by atoms with Crippen molar-refractivity contribution in [3.05, 3.63) is 57.3 Å². The molecule has 1 N–H and O–H groups in total. The SMILES string of the molecule is Cc1ccsc1C(=O)NCc1ccc(F)cc1F. The summed E-state index contributed by atoms with van der Waals surface area (Å²) in [6, 6.07) is 5.14. The molecule has 1 amide bonds. The van der Waals surface area contributed by atoms with Crippen LogP contribution in [0.5, 0.6) is 0 Å². The van der Waals surface area contributed by atoms with Gasteiger partial charge in [0.1, 0.15) is 11.6 Å². The van der Waals surface area contributed by atoms with Crippen molar-refractivity contribution in [3.8, 4) is 0 Å². The fourth-order valence-electron chi connectivity index (χ4n) is 1.53. The van der Waals surface area contributed by atoms with Gasteiger partial charge < -0.3 is 5.32 Å². The van der Waals surface area contributed by atoms with Crippen molar-refractivity contribution in [2.24, 2.45) is 0 Å². The van der Waals surface area contributed by atoms with Crippen LogP contribution in [-0.2, 0) is 6.54 Å². The third-order valence-electron chi connectivity index (χ3n) is 2.52. The Balaban J connectivity index is 2.04. The van der Waals surface area contributed by atoms with Gasteiger partial charge >= 0.3 is 0 Å². The number of aryl methyl sites for hydroxylation is 1. The predicted octanol–water partition coefficient (Wildman–Crippen LogP) is 3.26. The highest BCUT2D eigenvalue weighted by Crippen LogP contribution is 2.15. The average Bonchev–Trinajstić information content (AvgIpc) is 2.74. The molecular formula is C13H11F2NOS. The van der Waals surface area contributed by atoms with Crippen molar-refractivity contribution < 1.29 is 13.6 Å². The minimum absolute atomic E-state index is 0.0439. The predicted molar refractivity (Wildman–Crippen MR) is 66.6 cm³/mol. The average molecular weight is 267 g/mol. The smallest absolute Gasteiger partial charge is 0.261 e. The normalized spacial score (nSPS) is 10.4. The van der Waals surface area contributed by atoms with Gasteiger partial charge in [-0.25, -0.2) is 8.78 Å². The maximum Gasteiger partial charge on any atom is 0.261 e. The number of carbonyl (C=O) groups excluding carboxylic acids is 1. The number of nitrogens with one attached hydrogen (secondary N) is 1. The summed E-state index contributed by atoms with van der Waals surface area (Å²) in [5, 5.41) is 4.43. The first kappa shape index (κ1) is 12.7. The summed E-state index contributed by atoms with van der Waals surface area (Å²) in [6.45, 7) is 1.88. The van der Waals surface area contributed by atoms with E-state index in [4.69, 9.17) is 0 Å². The zero-order chi connectivity index (χ0) is 13.1. The molecule has 1 heterocycles. The Hall–Kier alpha value is -1.75. The minimum Gasteiger partial charge on any atom is -0.347 e. The lowest BCUT2D eigenvalue weighted by Gasteiger charge is -2.06. The molecule has 94 valence electrons. The fourth-order valence-corrected chi connectivity index (χ4v) is 2.37. The van der Waals surface area contributed by atoms with Crippen LogP contribution < -0.4 is 5.32 Å². The molecular weight excluding hydrogens is 256 g/mol. The maximum absolute atomic E-state index is 13.3. The molecule has 0 fully saturated rings. The van der Waals surface area contributed by atoms with Crippen molar-refractivity contribution >= 4 is 17.2 Å². The number of rotatable bonds is 3. The van der Waals surface area contributed by atoms with Gasteiger partial charge in [-0.3, -0.25) is 4.79 Å². The van der Waals surface area contributed by atoms with Crippen LogP contribution in [0.1, 0.15) is 20.8 Å². The highest BCUT2D eigenvalue weighted by molar-refractivity contribution is 7.12. The van der Waals surface area contributed by atoms with Gasteiger partial charge in [0.05, 0.1) is 4.88 Å². The molecule has 0 aliphatic rings. The van der Waals surface area contributed by atoms with Crippen molar-refractivity contribution in [3.63, 3.8) is 0 Å². The zero-order valence-corrected chi connectivity index (χ0v) is 10.5. The van der Waals surface area contributed by atoms with E-state index in [1.54, 1.807) is 0 Å². The van der Waals surface area contributed by atoms with Gasteiger partial charge in [-0.05, 0) is 30.0 Å². The summed E-state index contributed by atoms with van der Waals surface area (Å²) in [5.41, 5.74) is 1.15. The second-order valence-electron chi connectivity index (χ2n) is 3.85. The van der Waals surface area contributed by atoms with E-state index < -0.39 is 11.6 Å². The summed E-state index contributed by atoms with van der Waals surface area (Å²) in [6.07, 6.45) is 0. The van der Waals surface area contributed by atoms with Gasteiger partial charge in [-0.15, -0.1) is 11.3 Å². The van der Waals surface area contributed by atoms with E-state index >= 15 is 0 Å². The van der Waals surface area contributed by atoms with Gasteiger partial charge in [0.2, 0.25) is 0 Å². The van der Waals surface area contributed by atoms with Crippen LogP contribution in [0.3, 0.4) is 0 Å². The Labute approximate surface area is 107 Å². The maximum atomic E-state index is 13.3. The Morgan fingerprint density at radius 3 is 2.72 bits per heavy atom. The summed E-state index contributed by atoms with van der Waals surface area (Å²) in [4.78, 5) is 12.4. The van der Waals surface area contributed by atoms with E-state index in [1.807, 2.05) is 18.4 Å². The first-order valence-corrected chi connectivity index (χ1v) is 6.22. The lowest BCUT2D eigenvalue weighted by atomic mass is 10.2. The number of hydrogen-bond acceptors (Lipinski definition) is 2. The van der Waals surface area contributed by atoms with E-state index in [0.717, 1.165) is 11.6 Å². The molecule has 0 atom stereocenters. The molecule has 2 aromatic rings. The number of thiophene rings is 1. The highest BCUT2D eigenvalue weighted by atomic mass is 32.1. The van der Waals surface area contributed by atoms with Crippen LogP contribution in [-0.4, -0.2) is 5.91 Å². The summed E-state index contributed by atoms with van der Waals surface area (Å²) >= 11 is 1.33. The molecule has 0 spiro atoms. The Kier molecular flexibility index (Phi) is 3.72. The van der Waals surface area contributed by atoms with E-state index in [1.165, 1.54) is 23.5 Å². The van der Waals surface area contributed by atoms with Crippen LogP contribution >= 0.6 is 11.3 Å². The third kappa shape index (κ3) is 2.73. The molecule has 5 heteroatoms. The summed E-state index contributed by atoms with van der Waals surface area (Å²) in [5.74, 6) is -1.53. The van der Waals surface area contributed by atoms with Crippen molar-refractivity contribution in [2.45, 2.75) is 13.5 Å². The summed E-state index contributed by atoms with van der Waals surface area (Å²) in [7, 11) is 0. The standard InChI is InChI=1S/C13H11F2NOS/c1-8-4-5-18-12(8)13(17)16-7-9-2-3-10(14)6-11(9)15/h2-6H,7H2,1H3,(H,16,17). The number of carbonyl (C=O) groups is 1. The molecule has 1 aromatic carbocycles. The molecule has 18 heavy (non-hydrogen) atoms. The number of amides is 1. The van der Waals surface area contributed by atoms with Crippen LogP contribution in [0.4, 0.5) is 8.78 Å². The van der Waals surface area contributed by atoms with Crippen molar-refractivity contribution in [1.82, 2.24) is 5.32 Å². The third-order valence-corrected chi connectivity index (χ3v) is 3.54. The molecule has 0 aliphatic carbocycles. The Morgan fingerprint density at radius 1 is 1.33 bits per heavy atom. The molecule has 0 unspecified atom stereocenters. The number of benzene rings is 1. The van der Waals surface area contributed by atoms with Crippen molar-refractivity contribution in [2.75, 3.05) is 0 Å². The molecule has 0 bridgehead atoms. The zero-order valence-electron chi connectivity index (χ0n) is 9.67. The van der Waals surface area contributed by atoms with Gasteiger partial charge in [0.25, 0.3) is 5.91 Å². The molecule has 0 saturated heterocycles. The van der Waals surface area contributed by atoms with Crippen LogP contribution in [0.15, 0.2) is 29.6 Å². The van der Waals surface area contributed by atoms with Gasteiger partial charge in [-0.2, -0.15) is 0 Å². The first-order chi connectivity index (χ1) is 8.58. The second-order valence-corrected chi connectivity index (χ2v) is 4.77. The van der Waals surface area contributed by atoms with Gasteiger partial charge in [0, 0.05) is 18.2 Å². The molecule has 2 rings (SSSR count). The van der Waals surface area contributed by atoms with Gasteiger partial charge in [-0.1, -0.05) is 6.07 Å². The number of halogens is 2. The Bertz CT molecular complexity index is 580. The van der Waals surface area contributed by atoms with E-state index in [-0.39, 0.29) is 18.0 Å². The number of hydrogen-bond donors (Lipinski definition) is 1. The largest absolute Gasteiger partial charge is 0.347 e. The topological polar surface area (TPSA) is 29.1 Å². The van der Waals surface area contributed by atoms with Crippen molar-refractivity contribution in [1.29, 1.82) is 0 Å². The minimum atomic E-state index is -0.654. The van der Waals surface area contributed by atoms with Gasteiger partial charge in [0.15, 0.2) is 0 Å². The lowest BCUT2D eigenvalue weighted by Crippen LogP contribution is -2.23. The summed E-state index contributed by atoms with van der Waals surface area (Å²) < 4.78 is 26.0. The monoisotopic (exact) mass is 267 g/mol. The Morgan fingerprint density at radius 2 is 2.11 bits per heavy atom. The van der Waals surface area contributed by atoms with Crippen LogP contribution in [0.25, 0.3) is 0 Å². The molecule has 0 saturated carbocycles. The molecule has 2 nitrogen and oxygen atoms in total. The van der Waals surface area contributed by atoms with E-state index in [0.29, 0.717) is 4.88 Å². The second kappa shape index (κ2) is 5.27. The highest BCUT2D eigenvalue weighted by Gasteiger charge is 2.11. The van der Waals surface area contributed by atoms with E-state index in [2.05, 4.69) is 5.32 Å². The molecule has 0 aliphatic heterocycles. The quantitative estimate of drug-likeness (QED) is 0.908. The lowest BCUT2D eigenvalue weighted by molar-refractivity contribution is 0.0954. The van der Waals surface area contributed by atoms with E-state index in [9.17, 15) is 13.6 Å². The van der Waals surface area contributed by atoms with Crippen LogP contribution in [0.2, 0.25) is 0 Å². The first-order valence-electron chi connectivity index (χ1n) is 5.34.